The van der Waals surface area contributed by atoms with Crippen LogP contribution in [0, 0.1) is 6.92 Å². The first-order chi connectivity index (χ1) is 8.06. The van der Waals surface area contributed by atoms with Gasteiger partial charge >= 0.3 is 0 Å². The lowest BCUT2D eigenvalue weighted by Gasteiger charge is -2.06. The molecule has 0 atom stereocenters. The number of nitrogens with one attached hydrogen (secondary N) is 1. The second-order valence-electron chi connectivity index (χ2n) is 3.56. The van der Waals surface area contributed by atoms with Gasteiger partial charge in [0, 0.05) is 12.1 Å². The predicted molar refractivity (Wildman–Crippen MR) is 61.7 cm³/mol. The third-order valence-corrected chi connectivity index (χ3v) is 2.14. The van der Waals surface area contributed by atoms with Gasteiger partial charge in [-0.25, -0.2) is 0 Å². The van der Waals surface area contributed by atoms with Gasteiger partial charge in [-0.1, -0.05) is 5.16 Å². The molecule has 1 heterocycles. The van der Waals surface area contributed by atoms with E-state index in [0.29, 0.717) is 17.1 Å². The van der Waals surface area contributed by atoms with Crippen LogP contribution in [0.4, 0.5) is 11.4 Å². The van der Waals surface area contributed by atoms with Crippen molar-refractivity contribution in [3.05, 3.63) is 35.7 Å². The van der Waals surface area contributed by atoms with Crippen molar-refractivity contribution in [1.82, 2.24) is 5.16 Å². The number of anilines is 2. The number of aromatic nitrogens is 1. The third-order valence-electron chi connectivity index (χ3n) is 2.14. The maximum Gasteiger partial charge on any atom is 0.294 e. The molecule has 0 aliphatic heterocycles. The molecule has 1 amide bonds. The summed E-state index contributed by atoms with van der Waals surface area (Å²) >= 11 is 0. The monoisotopic (exact) mass is 233 g/mol. The Labute approximate surface area is 97.0 Å². The van der Waals surface area contributed by atoms with Gasteiger partial charge in [-0.05, 0) is 19.1 Å². The Hall–Kier alpha value is -2.50. The average Bonchev–Trinajstić information content (AvgIpc) is 2.70. The highest BCUT2D eigenvalue weighted by molar-refractivity contribution is 6.04. The van der Waals surface area contributed by atoms with Crippen LogP contribution >= 0.6 is 0 Å². The van der Waals surface area contributed by atoms with Crippen molar-refractivity contribution in [3.8, 4) is 5.75 Å². The fourth-order valence-electron chi connectivity index (χ4n) is 1.31. The highest BCUT2D eigenvalue weighted by atomic mass is 16.5. The lowest BCUT2D eigenvalue weighted by Crippen LogP contribution is -2.12. The van der Waals surface area contributed by atoms with Gasteiger partial charge in [-0.15, -0.1) is 0 Å². The van der Waals surface area contributed by atoms with E-state index in [1.165, 1.54) is 24.3 Å². The summed E-state index contributed by atoms with van der Waals surface area (Å²) in [5.74, 6) is -0.364. The molecule has 0 aliphatic carbocycles. The molecule has 17 heavy (non-hydrogen) atoms. The number of nitrogens with zero attached hydrogens (tertiary/aromatic N) is 1. The van der Waals surface area contributed by atoms with Gasteiger partial charge in [-0.2, -0.15) is 0 Å². The van der Waals surface area contributed by atoms with Gasteiger partial charge in [0.25, 0.3) is 5.91 Å². The molecule has 0 bridgehead atoms. The number of hydrogen-bond donors (Lipinski definition) is 3. The summed E-state index contributed by atoms with van der Waals surface area (Å²) in [6.07, 6.45) is 0. The molecule has 0 radical (unpaired) electrons. The summed E-state index contributed by atoms with van der Waals surface area (Å²) in [5.41, 5.74) is 6.94. The number of amides is 1. The standard InChI is InChI=1S/C11H11N3O3/c1-6-4-10(17-14-6)11(16)13-9-5-7(15)2-3-8(9)12/h2-5,15H,12H2,1H3,(H,13,16). The van der Waals surface area contributed by atoms with E-state index >= 15 is 0 Å². The minimum Gasteiger partial charge on any atom is -0.508 e. The Morgan fingerprint density at radius 2 is 2.24 bits per heavy atom. The van der Waals surface area contributed by atoms with Crippen molar-refractivity contribution in [1.29, 1.82) is 0 Å². The number of aryl methyl sites for hydroxylation is 1. The Morgan fingerprint density at radius 3 is 2.88 bits per heavy atom. The summed E-state index contributed by atoms with van der Waals surface area (Å²) < 4.78 is 4.80. The number of benzene rings is 1. The normalized spacial score (nSPS) is 10.2. The molecule has 0 spiro atoms. The fraction of sp³-hybridized carbons (Fsp3) is 0.0909. The molecule has 0 aliphatic rings. The van der Waals surface area contributed by atoms with E-state index in [-0.39, 0.29) is 11.5 Å². The summed E-state index contributed by atoms with van der Waals surface area (Å²) in [4.78, 5) is 11.7. The number of nitrogens with two attached hydrogens (primary N) is 1. The number of phenols is 1. The van der Waals surface area contributed by atoms with E-state index in [4.69, 9.17) is 10.3 Å². The topological polar surface area (TPSA) is 101 Å². The quantitative estimate of drug-likeness (QED) is 0.539. The predicted octanol–water partition coefficient (Wildman–Crippen LogP) is 1.52. The zero-order valence-corrected chi connectivity index (χ0v) is 9.10. The average molecular weight is 233 g/mol. The molecule has 1 aromatic heterocycles. The number of carbonyl (C=O) groups is 1. The van der Waals surface area contributed by atoms with Crippen LogP contribution in [0.2, 0.25) is 0 Å². The highest BCUT2D eigenvalue weighted by Gasteiger charge is 2.13. The van der Waals surface area contributed by atoms with E-state index < -0.39 is 5.91 Å². The summed E-state index contributed by atoms with van der Waals surface area (Å²) in [6, 6.07) is 5.80. The molecule has 2 rings (SSSR count). The molecule has 0 saturated carbocycles. The van der Waals surface area contributed by atoms with E-state index in [1.54, 1.807) is 6.92 Å². The lowest BCUT2D eigenvalue weighted by molar-refractivity contribution is 0.0988. The summed E-state index contributed by atoms with van der Waals surface area (Å²) in [6.45, 7) is 1.71. The van der Waals surface area contributed by atoms with Crippen molar-refractivity contribution in [3.63, 3.8) is 0 Å². The van der Waals surface area contributed by atoms with Crippen molar-refractivity contribution in [2.75, 3.05) is 11.1 Å². The second-order valence-corrected chi connectivity index (χ2v) is 3.56. The molecule has 0 unspecified atom stereocenters. The van der Waals surface area contributed by atoms with E-state index in [9.17, 15) is 9.90 Å². The Bertz CT molecular complexity index is 563. The molecule has 2 aromatic rings. The number of rotatable bonds is 2. The second kappa shape index (κ2) is 4.17. The molecule has 6 nitrogen and oxygen atoms in total. The van der Waals surface area contributed by atoms with Crippen LogP contribution in [-0.2, 0) is 0 Å². The van der Waals surface area contributed by atoms with Gasteiger partial charge in [0.15, 0.2) is 0 Å². The van der Waals surface area contributed by atoms with Crippen LogP contribution in [0.5, 0.6) is 5.75 Å². The largest absolute Gasteiger partial charge is 0.508 e. The third kappa shape index (κ3) is 2.36. The highest BCUT2D eigenvalue weighted by Crippen LogP contribution is 2.24. The minimum atomic E-state index is -0.470. The molecule has 1 aromatic carbocycles. The maximum atomic E-state index is 11.7. The maximum absolute atomic E-state index is 11.7. The first-order valence-corrected chi connectivity index (χ1v) is 4.89. The zero-order valence-electron chi connectivity index (χ0n) is 9.10. The van der Waals surface area contributed by atoms with Gasteiger partial charge < -0.3 is 20.7 Å². The van der Waals surface area contributed by atoms with Crippen LogP contribution < -0.4 is 11.1 Å². The fourth-order valence-corrected chi connectivity index (χ4v) is 1.31. The first kappa shape index (κ1) is 11.0. The van der Waals surface area contributed by atoms with Crippen LogP contribution in [0.15, 0.2) is 28.8 Å². The van der Waals surface area contributed by atoms with Crippen LogP contribution in [0.3, 0.4) is 0 Å². The van der Waals surface area contributed by atoms with Crippen molar-refractivity contribution in [2.24, 2.45) is 0 Å². The van der Waals surface area contributed by atoms with Crippen LogP contribution in [0.25, 0.3) is 0 Å². The first-order valence-electron chi connectivity index (χ1n) is 4.89. The minimum absolute atomic E-state index is 0.0169. The number of aromatic hydroxyl groups is 1. The van der Waals surface area contributed by atoms with E-state index in [0.717, 1.165) is 0 Å². The summed E-state index contributed by atoms with van der Waals surface area (Å²) in [5, 5.41) is 15.4. The lowest BCUT2D eigenvalue weighted by atomic mass is 10.2. The SMILES string of the molecule is Cc1cc(C(=O)Nc2cc(O)ccc2N)on1. The Balaban J connectivity index is 2.21. The van der Waals surface area contributed by atoms with Crippen LogP contribution in [-0.4, -0.2) is 16.2 Å². The molecule has 0 fully saturated rings. The number of hydrogen-bond acceptors (Lipinski definition) is 5. The van der Waals surface area contributed by atoms with Crippen LogP contribution in [0.1, 0.15) is 16.2 Å². The zero-order chi connectivity index (χ0) is 12.4. The van der Waals surface area contributed by atoms with Crippen molar-refractivity contribution >= 4 is 17.3 Å². The van der Waals surface area contributed by atoms with Gasteiger partial charge in [0.05, 0.1) is 17.1 Å². The smallest absolute Gasteiger partial charge is 0.294 e. The molecular weight excluding hydrogens is 222 g/mol. The molecular formula is C11H11N3O3. The Kier molecular flexibility index (Phi) is 2.70. The van der Waals surface area contributed by atoms with Crippen molar-refractivity contribution in [2.45, 2.75) is 6.92 Å². The number of phenolic OH excluding ortho intramolecular Hbond substituents is 1. The molecule has 4 N–H and O–H groups in total. The van der Waals surface area contributed by atoms with Crippen molar-refractivity contribution < 1.29 is 14.4 Å². The number of nitrogen functional groups attached to an aromatic ring is 1. The summed E-state index contributed by atoms with van der Waals surface area (Å²) in [7, 11) is 0. The number of carbonyl (C=O) groups excluding carboxylic acids is 1. The molecule has 88 valence electrons. The van der Waals surface area contributed by atoms with Gasteiger partial charge in [-0.3, -0.25) is 4.79 Å². The van der Waals surface area contributed by atoms with Gasteiger partial charge in [0.2, 0.25) is 5.76 Å². The van der Waals surface area contributed by atoms with E-state index in [2.05, 4.69) is 10.5 Å². The molecule has 6 heteroatoms. The Morgan fingerprint density at radius 1 is 1.47 bits per heavy atom. The van der Waals surface area contributed by atoms with E-state index in [1.807, 2.05) is 0 Å². The van der Waals surface area contributed by atoms with Gasteiger partial charge in [0.1, 0.15) is 5.75 Å². The molecule has 0 saturated heterocycles.